The lowest BCUT2D eigenvalue weighted by atomic mass is 10.3. The highest BCUT2D eigenvalue weighted by Crippen LogP contribution is 2.19. The Labute approximate surface area is 132 Å². The number of aromatic nitrogens is 2. The van der Waals surface area contributed by atoms with Crippen LogP contribution in [0.25, 0.3) is 0 Å². The molecular formula is C15H16N2O4S. The van der Waals surface area contributed by atoms with Crippen LogP contribution in [0.1, 0.15) is 11.5 Å². The maximum Gasteiger partial charge on any atom is 0.313 e. The summed E-state index contributed by atoms with van der Waals surface area (Å²) in [4.78, 5) is 19.2. The van der Waals surface area contributed by atoms with Gasteiger partial charge < -0.3 is 14.6 Å². The normalized spacial score (nSPS) is 10.3. The monoisotopic (exact) mass is 320 g/mol. The van der Waals surface area contributed by atoms with Crippen LogP contribution < -0.4 is 9.47 Å². The van der Waals surface area contributed by atoms with Crippen molar-refractivity contribution in [3.05, 3.63) is 41.9 Å². The number of benzene rings is 1. The number of methoxy groups -OCH3 is 1. The van der Waals surface area contributed by atoms with E-state index in [1.54, 1.807) is 37.4 Å². The summed E-state index contributed by atoms with van der Waals surface area (Å²) in [5.74, 6) is 1.05. The second-order valence-corrected chi connectivity index (χ2v) is 5.41. The molecule has 22 heavy (non-hydrogen) atoms. The van der Waals surface area contributed by atoms with Gasteiger partial charge in [-0.05, 0) is 37.3 Å². The molecule has 0 bridgehead atoms. The average Bonchev–Trinajstić information content (AvgIpc) is 2.51. The van der Waals surface area contributed by atoms with Gasteiger partial charge in [0.2, 0.25) is 0 Å². The first kappa shape index (κ1) is 16.1. The van der Waals surface area contributed by atoms with Crippen LogP contribution in [-0.4, -0.2) is 33.9 Å². The van der Waals surface area contributed by atoms with E-state index < -0.39 is 5.97 Å². The van der Waals surface area contributed by atoms with Gasteiger partial charge in [-0.25, -0.2) is 9.97 Å². The van der Waals surface area contributed by atoms with E-state index in [1.165, 1.54) is 0 Å². The second kappa shape index (κ2) is 7.65. The molecule has 0 spiro atoms. The van der Waals surface area contributed by atoms with Crippen LogP contribution in [0.4, 0.5) is 0 Å². The molecule has 1 N–H and O–H groups in total. The minimum Gasteiger partial charge on any atom is -0.497 e. The first-order valence-corrected chi connectivity index (χ1v) is 7.51. The molecule has 6 nitrogen and oxygen atoms in total. The molecule has 0 amide bonds. The molecule has 1 aromatic carbocycles. The van der Waals surface area contributed by atoms with E-state index in [-0.39, 0.29) is 12.4 Å². The third-order valence-corrected chi connectivity index (χ3v) is 3.54. The molecule has 2 rings (SSSR count). The topological polar surface area (TPSA) is 81.5 Å². The number of aryl methyl sites for hydroxylation is 1. The maximum atomic E-state index is 10.6. The standard InChI is InChI=1S/C15H16N2O4S/c1-10-7-14(22-9-15(18)19)17-13(16-10)8-21-12-5-3-11(20-2)4-6-12/h3-7H,8-9H2,1-2H3,(H,18,19). The number of hydrogen-bond donors (Lipinski definition) is 1. The molecule has 0 aliphatic carbocycles. The summed E-state index contributed by atoms with van der Waals surface area (Å²) in [6, 6.07) is 8.97. The molecule has 0 aliphatic rings. The SMILES string of the molecule is COc1ccc(OCc2nc(C)cc(SCC(=O)O)n2)cc1. The summed E-state index contributed by atoms with van der Waals surface area (Å²) in [5.41, 5.74) is 0.774. The zero-order valence-corrected chi connectivity index (χ0v) is 13.1. The molecule has 0 saturated carbocycles. The van der Waals surface area contributed by atoms with Crippen LogP contribution in [0.5, 0.6) is 11.5 Å². The molecule has 0 unspecified atom stereocenters. The highest BCUT2D eigenvalue weighted by atomic mass is 32.2. The van der Waals surface area contributed by atoms with Crippen molar-refractivity contribution >= 4 is 17.7 Å². The number of ether oxygens (including phenoxy) is 2. The van der Waals surface area contributed by atoms with E-state index in [0.29, 0.717) is 16.6 Å². The Kier molecular flexibility index (Phi) is 5.60. The first-order chi connectivity index (χ1) is 10.6. The number of nitrogens with zero attached hydrogens (tertiary/aromatic N) is 2. The molecule has 116 valence electrons. The summed E-state index contributed by atoms with van der Waals surface area (Å²) in [5, 5.41) is 9.34. The lowest BCUT2D eigenvalue weighted by Gasteiger charge is -2.08. The highest BCUT2D eigenvalue weighted by Gasteiger charge is 2.06. The largest absolute Gasteiger partial charge is 0.497 e. The van der Waals surface area contributed by atoms with Crippen LogP contribution in [0.15, 0.2) is 35.4 Å². The van der Waals surface area contributed by atoms with Crippen molar-refractivity contribution in [2.24, 2.45) is 0 Å². The lowest BCUT2D eigenvalue weighted by molar-refractivity contribution is -0.133. The van der Waals surface area contributed by atoms with E-state index >= 15 is 0 Å². The van der Waals surface area contributed by atoms with E-state index in [2.05, 4.69) is 9.97 Å². The predicted molar refractivity (Wildman–Crippen MR) is 82.5 cm³/mol. The van der Waals surface area contributed by atoms with Crippen molar-refractivity contribution in [3.63, 3.8) is 0 Å². The van der Waals surface area contributed by atoms with Crippen molar-refractivity contribution in [2.75, 3.05) is 12.9 Å². The van der Waals surface area contributed by atoms with Gasteiger partial charge in [0.15, 0.2) is 5.82 Å². The zero-order chi connectivity index (χ0) is 15.9. The van der Waals surface area contributed by atoms with Crippen molar-refractivity contribution in [2.45, 2.75) is 18.6 Å². The number of carboxylic acid groups (broad SMARTS) is 1. The van der Waals surface area contributed by atoms with Crippen molar-refractivity contribution in [1.82, 2.24) is 9.97 Å². The number of hydrogen-bond acceptors (Lipinski definition) is 6. The molecule has 0 saturated heterocycles. The number of carboxylic acids is 1. The Bertz CT molecular complexity index is 646. The Morgan fingerprint density at radius 2 is 1.91 bits per heavy atom. The molecule has 7 heteroatoms. The Hall–Kier alpha value is -2.28. The predicted octanol–water partition coefficient (Wildman–Crippen LogP) is 2.55. The summed E-state index contributed by atoms with van der Waals surface area (Å²) in [6.45, 7) is 2.05. The fourth-order valence-corrected chi connectivity index (χ4v) is 2.39. The van der Waals surface area contributed by atoms with E-state index in [9.17, 15) is 4.79 Å². The van der Waals surface area contributed by atoms with E-state index in [0.717, 1.165) is 23.2 Å². The lowest BCUT2D eigenvalue weighted by Crippen LogP contribution is -2.05. The Morgan fingerprint density at radius 3 is 2.55 bits per heavy atom. The summed E-state index contributed by atoms with van der Waals surface area (Å²) in [7, 11) is 1.60. The molecule has 0 atom stereocenters. The molecule has 1 heterocycles. The molecule has 0 aliphatic heterocycles. The van der Waals surface area contributed by atoms with Gasteiger partial charge in [0, 0.05) is 5.69 Å². The highest BCUT2D eigenvalue weighted by molar-refractivity contribution is 7.99. The number of thioether (sulfide) groups is 1. The smallest absolute Gasteiger partial charge is 0.313 e. The second-order valence-electron chi connectivity index (χ2n) is 4.41. The van der Waals surface area contributed by atoms with Gasteiger partial charge >= 0.3 is 5.97 Å². The number of carbonyl (C=O) groups is 1. The van der Waals surface area contributed by atoms with E-state index in [4.69, 9.17) is 14.6 Å². The van der Waals surface area contributed by atoms with E-state index in [1.807, 2.05) is 6.92 Å². The van der Waals surface area contributed by atoms with Gasteiger partial charge in [-0.2, -0.15) is 0 Å². The van der Waals surface area contributed by atoms with Crippen LogP contribution in [0.3, 0.4) is 0 Å². The molecule has 0 fully saturated rings. The van der Waals surface area contributed by atoms with Gasteiger partial charge in [-0.15, -0.1) is 0 Å². The fraction of sp³-hybridized carbons (Fsp3) is 0.267. The minimum atomic E-state index is -0.878. The van der Waals surface area contributed by atoms with Crippen molar-refractivity contribution in [1.29, 1.82) is 0 Å². The van der Waals surface area contributed by atoms with Gasteiger partial charge in [0.1, 0.15) is 23.1 Å². The van der Waals surface area contributed by atoms with Gasteiger partial charge in [-0.1, -0.05) is 11.8 Å². The zero-order valence-electron chi connectivity index (χ0n) is 12.3. The van der Waals surface area contributed by atoms with Gasteiger partial charge in [-0.3, -0.25) is 4.79 Å². The van der Waals surface area contributed by atoms with Crippen LogP contribution in [-0.2, 0) is 11.4 Å². The average molecular weight is 320 g/mol. The van der Waals surface area contributed by atoms with Crippen LogP contribution in [0.2, 0.25) is 0 Å². The van der Waals surface area contributed by atoms with Gasteiger partial charge in [0.05, 0.1) is 12.9 Å². The van der Waals surface area contributed by atoms with Crippen molar-refractivity contribution in [3.8, 4) is 11.5 Å². The van der Waals surface area contributed by atoms with Gasteiger partial charge in [0.25, 0.3) is 0 Å². The number of rotatable bonds is 7. The third-order valence-electron chi connectivity index (χ3n) is 2.65. The van der Waals surface area contributed by atoms with Crippen LogP contribution in [0, 0.1) is 6.92 Å². The third kappa shape index (κ3) is 4.92. The quantitative estimate of drug-likeness (QED) is 0.620. The Morgan fingerprint density at radius 1 is 1.23 bits per heavy atom. The summed E-state index contributed by atoms with van der Waals surface area (Å²) in [6.07, 6.45) is 0. The molecular weight excluding hydrogens is 304 g/mol. The fourth-order valence-electron chi connectivity index (χ4n) is 1.69. The Balaban J connectivity index is 2.00. The molecule has 0 radical (unpaired) electrons. The maximum absolute atomic E-state index is 10.6. The van der Waals surface area contributed by atoms with Crippen LogP contribution >= 0.6 is 11.8 Å². The number of aliphatic carboxylic acids is 1. The van der Waals surface area contributed by atoms with Crippen molar-refractivity contribution < 1.29 is 19.4 Å². The molecule has 1 aromatic heterocycles. The summed E-state index contributed by atoms with van der Waals surface area (Å²) < 4.78 is 10.7. The minimum absolute atomic E-state index is 0.0325. The molecule has 2 aromatic rings. The summed E-state index contributed by atoms with van der Waals surface area (Å²) >= 11 is 1.16. The first-order valence-electron chi connectivity index (χ1n) is 6.53.